The lowest BCUT2D eigenvalue weighted by Crippen LogP contribution is -2.25. The van der Waals surface area contributed by atoms with Crippen molar-refractivity contribution in [2.24, 2.45) is 7.05 Å². The van der Waals surface area contributed by atoms with Gasteiger partial charge in [0, 0.05) is 27.6 Å². The zero-order chi connectivity index (χ0) is 16.4. The first-order valence-electron chi connectivity index (χ1n) is 7.75. The van der Waals surface area contributed by atoms with Crippen LogP contribution in [0, 0.1) is 5.82 Å². The van der Waals surface area contributed by atoms with E-state index in [-0.39, 0.29) is 11.2 Å². The van der Waals surface area contributed by atoms with Crippen LogP contribution in [-0.2, 0) is 12.5 Å². The molecule has 0 fully saturated rings. The molecule has 0 bridgehead atoms. The quantitative estimate of drug-likeness (QED) is 0.384. The maximum atomic E-state index is 13.8. The van der Waals surface area contributed by atoms with E-state index in [1.807, 2.05) is 30.1 Å². The average Bonchev–Trinajstić information content (AvgIpc) is 2.92. The molecule has 0 atom stereocenters. The molecule has 2 aromatic heterocycles. The lowest BCUT2D eigenvalue weighted by Gasteiger charge is -2.13. The number of fused-ring (bicyclic) bond motifs is 6. The minimum Gasteiger partial charge on any atom is -0.341 e. The van der Waals surface area contributed by atoms with Gasteiger partial charge in [-0.3, -0.25) is 0 Å². The predicted octanol–water partition coefficient (Wildman–Crippen LogP) is 4.13. The topological polar surface area (TPSA) is 32.6 Å². The highest BCUT2D eigenvalue weighted by Crippen LogP contribution is 2.35. The highest BCUT2D eigenvalue weighted by Gasteiger charge is 2.21. The van der Waals surface area contributed by atoms with Crippen molar-refractivity contribution in [2.75, 3.05) is 0 Å². The van der Waals surface area contributed by atoms with Crippen LogP contribution in [0.4, 0.5) is 4.39 Å². The van der Waals surface area contributed by atoms with E-state index in [1.165, 1.54) is 6.07 Å². The highest BCUT2D eigenvalue weighted by molar-refractivity contribution is 6.22. The Morgan fingerprint density at radius 3 is 2.57 bits per heavy atom. The van der Waals surface area contributed by atoms with Gasteiger partial charge in [-0.2, -0.15) is 0 Å². The van der Waals surface area contributed by atoms with E-state index in [0.29, 0.717) is 0 Å². The first-order chi connectivity index (χ1) is 10.8. The monoisotopic (exact) mass is 308 g/mol. The summed E-state index contributed by atoms with van der Waals surface area (Å²) in [7, 11) is 1.97. The molecule has 0 spiro atoms. The summed E-state index contributed by atoms with van der Waals surface area (Å²) in [6.45, 7) is 6.40. The number of hydrogen-bond acceptors (Lipinski definition) is 1. The van der Waals surface area contributed by atoms with E-state index >= 15 is 0 Å². The zero-order valence-corrected chi connectivity index (χ0v) is 13.7. The highest BCUT2D eigenvalue weighted by atomic mass is 19.1. The molecule has 3 nitrogen and oxygen atoms in total. The Morgan fingerprint density at radius 2 is 1.83 bits per heavy atom. The summed E-state index contributed by atoms with van der Waals surface area (Å²) in [6.07, 6.45) is 4.04. The first-order valence-corrected chi connectivity index (χ1v) is 7.75. The fourth-order valence-corrected chi connectivity index (χ4v) is 3.09. The number of benzene rings is 2. The molecule has 0 aliphatic rings. The van der Waals surface area contributed by atoms with Crippen LogP contribution in [0.1, 0.15) is 26.6 Å². The maximum Gasteiger partial charge on any atom is 0.177 e. The molecule has 4 aromatic rings. The smallest absolute Gasteiger partial charge is 0.177 e. The van der Waals surface area contributed by atoms with Crippen molar-refractivity contribution in [3.8, 4) is 0 Å². The van der Waals surface area contributed by atoms with E-state index in [0.717, 1.165) is 38.4 Å². The molecule has 0 saturated carbocycles. The average molecular weight is 308 g/mol. The summed E-state index contributed by atoms with van der Waals surface area (Å²) in [6, 6.07) is 6.99. The lowest BCUT2D eigenvalue weighted by atomic mass is 9.96. The molecular weight excluding hydrogens is 289 g/mol. The Morgan fingerprint density at radius 1 is 1.04 bits per heavy atom. The Hall–Kier alpha value is -2.49. The van der Waals surface area contributed by atoms with Crippen molar-refractivity contribution in [1.82, 2.24) is 9.97 Å². The molecule has 0 radical (unpaired) electrons. The van der Waals surface area contributed by atoms with Crippen LogP contribution >= 0.6 is 0 Å². The summed E-state index contributed by atoms with van der Waals surface area (Å²) >= 11 is 0. The fraction of sp³-hybridized carbons (Fsp3) is 0.263. The Balaban J connectivity index is 2.29. The minimum atomic E-state index is -0.226. The minimum absolute atomic E-state index is 0.0723. The molecular formula is C19H19FN3+. The molecule has 2 heterocycles. The number of aryl methyl sites for hydroxylation is 1. The standard InChI is InChI=1S/C19H18FN3/c1-19(2,3)18-21-16-12-6-5-11(20)9-14(12)15-10-23(4)8-7-13(15)17(16)22-18/h5-10H,1-4H3/p+1. The third-order valence-corrected chi connectivity index (χ3v) is 4.31. The molecule has 0 aliphatic heterocycles. The molecule has 0 unspecified atom stereocenters. The van der Waals surface area contributed by atoms with Gasteiger partial charge in [0.1, 0.15) is 18.7 Å². The van der Waals surface area contributed by atoms with Gasteiger partial charge in [0.15, 0.2) is 12.4 Å². The van der Waals surface area contributed by atoms with E-state index < -0.39 is 0 Å². The maximum absolute atomic E-state index is 13.8. The van der Waals surface area contributed by atoms with Crippen molar-refractivity contribution in [3.63, 3.8) is 0 Å². The molecule has 0 aliphatic carbocycles. The number of aromatic amines is 1. The lowest BCUT2D eigenvalue weighted by molar-refractivity contribution is -0.670. The summed E-state index contributed by atoms with van der Waals surface area (Å²) in [5.74, 6) is 0.718. The molecule has 1 N–H and O–H groups in total. The number of nitrogens with one attached hydrogen (secondary N) is 1. The summed E-state index contributed by atoms with van der Waals surface area (Å²) < 4.78 is 15.8. The van der Waals surface area contributed by atoms with Gasteiger partial charge in [0.25, 0.3) is 0 Å². The number of halogens is 1. The fourth-order valence-electron chi connectivity index (χ4n) is 3.09. The van der Waals surface area contributed by atoms with Crippen LogP contribution in [0.2, 0.25) is 0 Å². The number of nitrogens with zero attached hydrogens (tertiary/aromatic N) is 2. The Kier molecular flexibility index (Phi) is 2.77. The second-order valence-corrected chi connectivity index (χ2v) is 7.19. The summed E-state index contributed by atoms with van der Waals surface area (Å²) in [4.78, 5) is 8.32. The second kappa shape index (κ2) is 4.51. The van der Waals surface area contributed by atoms with Crippen molar-refractivity contribution in [1.29, 1.82) is 0 Å². The largest absolute Gasteiger partial charge is 0.341 e. The molecule has 0 amide bonds. The number of rotatable bonds is 0. The van der Waals surface area contributed by atoms with Gasteiger partial charge in [0.05, 0.1) is 16.4 Å². The van der Waals surface area contributed by atoms with Gasteiger partial charge in [0.2, 0.25) is 0 Å². The molecule has 4 rings (SSSR count). The third kappa shape index (κ3) is 2.09. The number of imidazole rings is 1. The third-order valence-electron chi connectivity index (χ3n) is 4.31. The van der Waals surface area contributed by atoms with E-state index in [4.69, 9.17) is 4.98 Å². The van der Waals surface area contributed by atoms with Crippen molar-refractivity contribution in [3.05, 3.63) is 48.3 Å². The number of H-pyrrole nitrogens is 1. The van der Waals surface area contributed by atoms with E-state index in [9.17, 15) is 4.39 Å². The second-order valence-electron chi connectivity index (χ2n) is 7.19. The van der Waals surface area contributed by atoms with Crippen LogP contribution < -0.4 is 4.57 Å². The van der Waals surface area contributed by atoms with E-state index in [1.54, 1.807) is 6.07 Å². The molecule has 0 saturated heterocycles. The van der Waals surface area contributed by atoms with Crippen molar-refractivity contribution < 1.29 is 8.96 Å². The van der Waals surface area contributed by atoms with Crippen LogP contribution in [-0.4, -0.2) is 9.97 Å². The van der Waals surface area contributed by atoms with Crippen molar-refractivity contribution in [2.45, 2.75) is 26.2 Å². The summed E-state index contributed by atoms with van der Waals surface area (Å²) in [5.41, 5.74) is 1.85. The van der Waals surface area contributed by atoms with Crippen molar-refractivity contribution >= 4 is 32.6 Å². The number of pyridine rings is 1. The zero-order valence-electron chi connectivity index (χ0n) is 13.7. The molecule has 23 heavy (non-hydrogen) atoms. The SMILES string of the molecule is C[n+]1ccc2c(c1)c1cc(F)ccc1c1nc(C(C)(C)C)[nH]c21. The Labute approximate surface area is 133 Å². The van der Waals surface area contributed by atoms with Crippen LogP contribution in [0.5, 0.6) is 0 Å². The predicted molar refractivity (Wildman–Crippen MR) is 90.9 cm³/mol. The van der Waals surface area contributed by atoms with Gasteiger partial charge < -0.3 is 4.98 Å². The molecule has 4 heteroatoms. The summed E-state index contributed by atoms with van der Waals surface area (Å²) in [5, 5.41) is 3.97. The normalized spacial score (nSPS) is 12.6. The van der Waals surface area contributed by atoms with Gasteiger partial charge in [-0.15, -0.1) is 0 Å². The first kappa shape index (κ1) is 14.1. The van der Waals surface area contributed by atoms with Gasteiger partial charge in [-0.1, -0.05) is 20.8 Å². The van der Waals surface area contributed by atoms with Crippen LogP contribution in [0.15, 0.2) is 36.7 Å². The van der Waals surface area contributed by atoms with E-state index in [2.05, 4.69) is 31.8 Å². The number of hydrogen-bond donors (Lipinski definition) is 1. The van der Waals surface area contributed by atoms with Crippen LogP contribution in [0.25, 0.3) is 32.6 Å². The van der Waals surface area contributed by atoms with Gasteiger partial charge in [-0.25, -0.2) is 13.9 Å². The van der Waals surface area contributed by atoms with Gasteiger partial charge in [-0.05, 0) is 18.2 Å². The Bertz CT molecular complexity index is 992. The number of aromatic nitrogens is 3. The van der Waals surface area contributed by atoms with Crippen LogP contribution in [0.3, 0.4) is 0 Å². The van der Waals surface area contributed by atoms with Gasteiger partial charge >= 0.3 is 0 Å². The molecule has 116 valence electrons. The molecule has 2 aromatic carbocycles.